The third kappa shape index (κ3) is 7.85. The minimum atomic E-state index is -1.78. The number of rotatable bonds is 10. The zero-order valence-corrected chi connectivity index (χ0v) is 35.5. The summed E-state index contributed by atoms with van der Waals surface area (Å²) in [4.78, 5) is 7.26. The van der Waals surface area contributed by atoms with E-state index >= 15 is 0 Å². The van der Waals surface area contributed by atoms with Crippen LogP contribution < -0.4 is 11.5 Å². The van der Waals surface area contributed by atoms with Crippen molar-refractivity contribution >= 4 is 52.9 Å². The van der Waals surface area contributed by atoms with Crippen molar-refractivity contribution in [2.75, 3.05) is 24.7 Å². The van der Waals surface area contributed by atoms with E-state index in [0.29, 0.717) is 11.4 Å². The minimum absolute atomic E-state index is 0.0203. The van der Waals surface area contributed by atoms with Crippen molar-refractivity contribution in [2.24, 2.45) is 10.8 Å². The van der Waals surface area contributed by atoms with Crippen molar-refractivity contribution in [1.82, 2.24) is 9.13 Å². The fourth-order valence-corrected chi connectivity index (χ4v) is 8.73. The van der Waals surface area contributed by atoms with Gasteiger partial charge in [0.25, 0.3) is 0 Å². The van der Waals surface area contributed by atoms with E-state index < -0.39 is 8.32 Å². The summed E-state index contributed by atoms with van der Waals surface area (Å²) < 4.78 is 11.2. The SMILES string of the molecule is [C-]#[N+]c1ccc2c(c1)c(-c1cccc(N)c1C)cn2CC1(CO)CC1.[C-]#[N+]c1ccc2c(c1)c(-c1cccc(N)c1C)cn2CC1(CO[Si](C)(C)C(C)(C)C)CC1. The maximum absolute atomic E-state index is 9.71. The predicted molar refractivity (Wildman–Crippen MR) is 239 cm³/mol. The number of aliphatic hydroxyl groups is 1. The molecule has 0 radical (unpaired) electrons. The van der Waals surface area contributed by atoms with Gasteiger partial charge in [0.15, 0.2) is 19.7 Å². The van der Waals surface area contributed by atoms with Crippen LogP contribution in [0.15, 0.2) is 85.2 Å². The summed E-state index contributed by atoms with van der Waals surface area (Å²) in [5, 5.41) is 12.1. The monoisotopic (exact) mass is 776 g/mol. The molecule has 0 amide bonds. The van der Waals surface area contributed by atoms with Crippen molar-refractivity contribution in [3.05, 3.63) is 119 Å². The van der Waals surface area contributed by atoms with E-state index in [1.807, 2.05) is 61.5 Å². The average molecular weight is 777 g/mol. The van der Waals surface area contributed by atoms with Crippen LogP contribution in [-0.2, 0) is 17.5 Å². The van der Waals surface area contributed by atoms with Crippen LogP contribution in [0.25, 0.3) is 53.7 Å². The second kappa shape index (κ2) is 14.9. The molecule has 0 saturated heterocycles. The van der Waals surface area contributed by atoms with Gasteiger partial charge in [-0.25, -0.2) is 9.69 Å². The predicted octanol–water partition coefficient (Wildman–Crippen LogP) is 12.1. The molecule has 4 aromatic carbocycles. The van der Waals surface area contributed by atoms with Crippen LogP contribution in [0.5, 0.6) is 0 Å². The van der Waals surface area contributed by atoms with Crippen molar-refractivity contribution in [1.29, 1.82) is 0 Å². The molecule has 0 unspecified atom stereocenters. The summed E-state index contributed by atoms with van der Waals surface area (Å²) in [6.45, 7) is 33.3. The van der Waals surface area contributed by atoms with Gasteiger partial charge in [-0.15, -0.1) is 0 Å². The number of hydrogen-bond donors (Lipinski definition) is 3. The van der Waals surface area contributed by atoms with Crippen LogP contribution in [0.1, 0.15) is 57.6 Å². The molecular formula is C48H56N6O2Si. The number of hydrogen-bond acceptors (Lipinski definition) is 4. The molecule has 0 spiro atoms. The maximum atomic E-state index is 9.71. The first kappa shape index (κ1) is 39.9. The van der Waals surface area contributed by atoms with Crippen molar-refractivity contribution in [3.63, 3.8) is 0 Å². The largest absolute Gasteiger partial charge is 0.416 e. The molecule has 2 aliphatic rings. The lowest BCUT2D eigenvalue weighted by molar-refractivity contribution is 0.196. The first-order valence-corrected chi connectivity index (χ1v) is 22.9. The lowest BCUT2D eigenvalue weighted by atomic mass is 9.99. The summed E-state index contributed by atoms with van der Waals surface area (Å²) >= 11 is 0. The van der Waals surface area contributed by atoms with Gasteiger partial charge in [0.1, 0.15) is 0 Å². The molecule has 0 aliphatic heterocycles. The quantitative estimate of drug-likeness (QED) is 0.0732. The van der Waals surface area contributed by atoms with Gasteiger partial charge >= 0.3 is 0 Å². The Labute approximate surface area is 338 Å². The molecule has 8 nitrogen and oxygen atoms in total. The Morgan fingerprint density at radius 1 is 0.702 bits per heavy atom. The summed E-state index contributed by atoms with van der Waals surface area (Å²) in [7, 11) is -1.78. The fraction of sp³-hybridized carbons (Fsp3) is 0.375. The Balaban J connectivity index is 0.000000179. The highest BCUT2D eigenvalue weighted by molar-refractivity contribution is 6.74. The lowest BCUT2D eigenvalue weighted by Crippen LogP contribution is -2.42. The lowest BCUT2D eigenvalue weighted by Gasteiger charge is -2.37. The van der Waals surface area contributed by atoms with E-state index in [4.69, 9.17) is 29.0 Å². The average Bonchev–Trinajstić information content (AvgIpc) is 4.09. The highest BCUT2D eigenvalue weighted by atomic mass is 28.4. The van der Waals surface area contributed by atoms with Crippen molar-refractivity contribution in [3.8, 4) is 22.3 Å². The second-order valence-electron chi connectivity index (χ2n) is 18.2. The molecule has 5 N–H and O–H groups in total. The summed E-state index contributed by atoms with van der Waals surface area (Å²) in [5.41, 5.74) is 24.3. The number of aliphatic hydroxyl groups excluding tert-OH is 1. The van der Waals surface area contributed by atoms with Gasteiger partial charge in [0.2, 0.25) is 0 Å². The van der Waals surface area contributed by atoms with Gasteiger partial charge in [0.05, 0.1) is 19.8 Å². The van der Waals surface area contributed by atoms with Gasteiger partial charge in [0, 0.05) is 76.5 Å². The zero-order chi connectivity index (χ0) is 40.9. The normalized spacial score (nSPS) is 15.5. The molecule has 2 aliphatic carbocycles. The van der Waals surface area contributed by atoms with Gasteiger partial charge < -0.3 is 30.1 Å². The highest BCUT2D eigenvalue weighted by Crippen LogP contribution is 2.51. The topological polar surface area (TPSA) is 100 Å². The third-order valence-electron chi connectivity index (χ3n) is 13.1. The molecule has 8 rings (SSSR count). The molecule has 2 aromatic heterocycles. The Hall–Kier alpha value is -5.32. The van der Waals surface area contributed by atoms with E-state index in [2.05, 4.69) is 90.2 Å². The van der Waals surface area contributed by atoms with Crippen molar-refractivity contribution < 1.29 is 9.53 Å². The number of nitrogens with zero attached hydrogens (tertiary/aromatic N) is 4. The van der Waals surface area contributed by atoms with Crippen LogP contribution in [0, 0.1) is 37.8 Å². The highest BCUT2D eigenvalue weighted by Gasteiger charge is 2.47. The third-order valence-corrected chi connectivity index (χ3v) is 17.6. The Bertz CT molecular complexity index is 2570. The van der Waals surface area contributed by atoms with Crippen LogP contribution in [0.4, 0.5) is 22.7 Å². The van der Waals surface area contributed by atoms with E-state index in [1.165, 1.54) is 18.4 Å². The van der Waals surface area contributed by atoms with Crippen LogP contribution in [-0.4, -0.2) is 35.8 Å². The number of nitrogens with two attached hydrogens (primary N) is 2. The molecule has 2 saturated carbocycles. The first-order chi connectivity index (χ1) is 27.0. The number of benzene rings is 4. The first-order valence-electron chi connectivity index (χ1n) is 20.0. The van der Waals surface area contributed by atoms with Crippen molar-refractivity contribution in [2.45, 2.75) is 91.5 Å². The summed E-state index contributed by atoms with van der Waals surface area (Å²) in [5.74, 6) is 0. The molecule has 2 heterocycles. The Morgan fingerprint density at radius 3 is 1.53 bits per heavy atom. The molecule has 0 atom stereocenters. The van der Waals surface area contributed by atoms with Gasteiger partial charge in [-0.1, -0.05) is 57.2 Å². The number of anilines is 2. The minimum Gasteiger partial charge on any atom is -0.416 e. The van der Waals surface area contributed by atoms with E-state index in [0.717, 1.165) is 93.6 Å². The van der Waals surface area contributed by atoms with Gasteiger partial charge in [-0.2, -0.15) is 0 Å². The second-order valence-corrected chi connectivity index (χ2v) is 23.0. The smallest absolute Gasteiger partial charge is 0.192 e. The van der Waals surface area contributed by atoms with E-state index in [9.17, 15) is 5.11 Å². The summed E-state index contributed by atoms with van der Waals surface area (Å²) in [6, 6.07) is 23.9. The molecule has 57 heavy (non-hydrogen) atoms. The summed E-state index contributed by atoms with van der Waals surface area (Å²) in [6.07, 6.45) is 8.94. The van der Waals surface area contributed by atoms with Crippen LogP contribution >= 0.6 is 0 Å². The maximum Gasteiger partial charge on any atom is 0.192 e. The molecule has 9 heteroatoms. The molecule has 2 fully saturated rings. The standard InChI is InChI=1S/C27H35N3OSi.C21H21N3O/c1-19-21(9-8-10-24(19)28)23-16-30(25-12-11-20(29-5)15-22(23)25)17-27(13-14-27)18-31-32(6,7)26(2,3)4;1-14-16(4-3-5-19(14)22)18-11-24(12-21(13-25)8-9-21)20-7-6-15(23-2)10-17(18)20/h8-12,15-16H,13-14,17-18,28H2,1-4,6-7H3;3-7,10-11,25H,8-9,12-13,22H2,1H3. The van der Waals surface area contributed by atoms with E-state index in [-0.39, 0.29) is 22.5 Å². The van der Waals surface area contributed by atoms with Gasteiger partial charge in [-0.3, -0.25) is 0 Å². The number of fused-ring (bicyclic) bond motifs is 2. The zero-order valence-electron chi connectivity index (χ0n) is 34.5. The Kier molecular flexibility index (Phi) is 10.4. The Morgan fingerprint density at radius 2 is 1.14 bits per heavy atom. The molecule has 294 valence electrons. The number of nitrogen functional groups attached to an aromatic ring is 2. The fourth-order valence-electron chi connectivity index (χ4n) is 7.63. The van der Waals surface area contributed by atoms with E-state index in [1.54, 1.807) is 0 Å². The molecule has 0 bridgehead atoms. The number of aromatic nitrogens is 2. The van der Waals surface area contributed by atoms with Crippen LogP contribution in [0.3, 0.4) is 0 Å². The van der Waals surface area contributed by atoms with Gasteiger partial charge in [-0.05, 0) is 127 Å². The molecular weight excluding hydrogens is 721 g/mol. The molecule has 6 aromatic rings. The van der Waals surface area contributed by atoms with Crippen LogP contribution in [0.2, 0.25) is 18.1 Å².